The number of carbonyl (C=O) groups is 4. The molecule has 2 aromatic heterocycles. The summed E-state index contributed by atoms with van der Waals surface area (Å²) >= 11 is 0. The van der Waals surface area contributed by atoms with Crippen LogP contribution in [0.3, 0.4) is 0 Å². The fraction of sp³-hybridized carbons (Fsp3) is 0.467. The number of H-pyrrole nitrogens is 2. The Morgan fingerprint density at radius 1 is 0.800 bits per heavy atom. The van der Waals surface area contributed by atoms with Crippen LogP contribution in [0.4, 0.5) is 9.59 Å². The first-order valence-corrected chi connectivity index (χ1v) is 24.5. The number of aromatic amines is 2. The van der Waals surface area contributed by atoms with Crippen LogP contribution in [0.2, 0.25) is 19.1 Å². The number of piperidine rings is 1. The summed E-state index contributed by atoms with van der Waals surface area (Å²) in [5, 5.41) is 7.61. The van der Waals surface area contributed by atoms with Crippen molar-refractivity contribution >= 4 is 53.9 Å². The Kier molecular flexibility index (Phi) is 11.0. The Hall–Kier alpha value is -5.70. The van der Waals surface area contributed by atoms with Crippen LogP contribution in [0.15, 0.2) is 60.8 Å². The number of hydrogen-bond donors (Lipinski definition) is 4. The summed E-state index contributed by atoms with van der Waals surface area (Å²) in [5.74, 6) is 1.41. The van der Waals surface area contributed by atoms with E-state index in [4.69, 9.17) is 19.4 Å². The molecular formula is C45H56N8O6Si. The molecule has 4 N–H and O–H groups in total. The van der Waals surface area contributed by atoms with Crippen LogP contribution in [-0.4, -0.2) is 100 Å². The number of hydrogen-bond acceptors (Lipinski definition) is 8. The highest BCUT2D eigenvalue weighted by Gasteiger charge is 2.52. The first-order chi connectivity index (χ1) is 28.7. The summed E-state index contributed by atoms with van der Waals surface area (Å²) in [6, 6.07) is 18.2. The molecule has 1 aliphatic carbocycles. The van der Waals surface area contributed by atoms with E-state index in [1.54, 1.807) is 0 Å². The van der Waals surface area contributed by atoms with E-state index in [1.165, 1.54) is 14.2 Å². The Bertz CT molecular complexity index is 2440. The van der Waals surface area contributed by atoms with Crippen molar-refractivity contribution in [1.82, 2.24) is 40.4 Å². The molecule has 8 rings (SSSR count). The fourth-order valence-corrected chi connectivity index (χ4v) is 12.7. The zero-order valence-electron chi connectivity index (χ0n) is 35.7. The van der Waals surface area contributed by atoms with Gasteiger partial charge in [-0.05, 0) is 77.3 Å². The van der Waals surface area contributed by atoms with E-state index in [0.29, 0.717) is 12.1 Å². The quantitative estimate of drug-likeness (QED) is 0.104. The summed E-state index contributed by atoms with van der Waals surface area (Å²) in [6.45, 7) is 12.3. The molecule has 4 heterocycles. The van der Waals surface area contributed by atoms with Gasteiger partial charge in [-0.3, -0.25) is 9.59 Å². The number of imidazole rings is 2. The zero-order chi connectivity index (χ0) is 42.6. The second kappa shape index (κ2) is 16.1. The molecule has 4 amide bonds. The third-order valence-corrected chi connectivity index (χ3v) is 15.5. The Morgan fingerprint density at radius 3 is 2.12 bits per heavy atom. The van der Waals surface area contributed by atoms with Gasteiger partial charge in [-0.25, -0.2) is 19.6 Å². The lowest BCUT2D eigenvalue weighted by Crippen LogP contribution is -2.54. The molecule has 3 aliphatic rings. The van der Waals surface area contributed by atoms with E-state index in [0.717, 1.165) is 81.1 Å². The molecule has 2 aliphatic heterocycles. The third kappa shape index (κ3) is 7.63. The van der Waals surface area contributed by atoms with Crippen molar-refractivity contribution in [2.24, 2.45) is 17.8 Å². The number of ether oxygens (including phenoxy) is 2. The second-order valence-corrected chi connectivity index (χ2v) is 23.3. The van der Waals surface area contributed by atoms with Crippen LogP contribution in [0.5, 0.6) is 0 Å². The minimum absolute atomic E-state index is 0.0920. The molecule has 2 saturated heterocycles. The minimum atomic E-state index is -1.75. The monoisotopic (exact) mass is 832 g/mol. The molecule has 0 spiro atoms. The smallest absolute Gasteiger partial charge is 0.407 e. The molecule has 15 heteroatoms. The van der Waals surface area contributed by atoms with Gasteiger partial charge < -0.3 is 39.9 Å². The van der Waals surface area contributed by atoms with Gasteiger partial charge in [0.1, 0.15) is 23.7 Å². The van der Waals surface area contributed by atoms with Gasteiger partial charge in [0.05, 0.1) is 57.3 Å². The normalized spacial score (nSPS) is 21.8. The average Bonchev–Trinajstić information content (AvgIpc) is 4.09. The highest BCUT2D eigenvalue weighted by atomic mass is 28.3. The highest BCUT2D eigenvalue weighted by molar-refractivity contribution is 6.78. The molecule has 0 unspecified atom stereocenters. The number of carbonyl (C=O) groups excluding carboxylic acids is 4. The number of fused-ring (bicyclic) bond motifs is 5. The lowest BCUT2D eigenvalue weighted by molar-refractivity contribution is -0.139. The maximum Gasteiger partial charge on any atom is 0.407 e. The Balaban J connectivity index is 1.01. The Morgan fingerprint density at radius 2 is 1.45 bits per heavy atom. The summed E-state index contributed by atoms with van der Waals surface area (Å²) in [6.07, 6.45) is 4.20. The minimum Gasteiger partial charge on any atom is -0.453 e. The molecule has 316 valence electrons. The average molecular weight is 833 g/mol. The van der Waals surface area contributed by atoms with Crippen LogP contribution in [0, 0.1) is 17.8 Å². The highest BCUT2D eigenvalue weighted by Crippen LogP contribution is 2.50. The number of methoxy groups -OCH3 is 2. The molecule has 3 fully saturated rings. The van der Waals surface area contributed by atoms with Crippen molar-refractivity contribution in [2.75, 3.05) is 20.4 Å². The molecule has 1 saturated carbocycles. The molecule has 6 atom stereocenters. The van der Waals surface area contributed by atoms with Crippen LogP contribution in [0.25, 0.3) is 44.2 Å². The van der Waals surface area contributed by atoms with Gasteiger partial charge >= 0.3 is 12.2 Å². The van der Waals surface area contributed by atoms with E-state index in [2.05, 4.69) is 88.3 Å². The first-order valence-electron chi connectivity index (χ1n) is 21.1. The van der Waals surface area contributed by atoms with Gasteiger partial charge in [-0.15, -0.1) is 0 Å². The van der Waals surface area contributed by atoms with Crippen molar-refractivity contribution in [3.05, 3.63) is 72.4 Å². The van der Waals surface area contributed by atoms with Crippen LogP contribution in [-0.2, 0) is 19.1 Å². The van der Waals surface area contributed by atoms with Crippen LogP contribution < -0.4 is 10.6 Å². The van der Waals surface area contributed by atoms with Crippen molar-refractivity contribution in [3.63, 3.8) is 0 Å². The number of amides is 4. The molecule has 60 heavy (non-hydrogen) atoms. The third-order valence-electron chi connectivity index (χ3n) is 12.8. The van der Waals surface area contributed by atoms with E-state index in [9.17, 15) is 19.2 Å². The van der Waals surface area contributed by atoms with Crippen LogP contribution in [0.1, 0.15) is 70.7 Å². The molecule has 14 nitrogen and oxygen atoms in total. The lowest BCUT2D eigenvalue weighted by Gasteiger charge is -2.37. The number of nitrogens with zero attached hydrogens (tertiary/aromatic N) is 4. The predicted octanol–water partition coefficient (Wildman–Crippen LogP) is 7.72. The van der Waals surface area contributed by atoms with E-state index in [-0.39, 0.29) is 41.8 Å². The number of alkyl carbamates (subject to hydrolysis) is 2. The van der Waals surface area contributed by atoms with E-state index < -0.39 is 32.3 Å². The maximum atomic E-state index is 14.1. The van der Waals surface area contributed by atoms with Crippen molar-refractivity contribution in [2.45, 2.75) is 96.3 Å². The van der Waals surface area contributed by atoms with Gasteiger partial charge in [0.2, 0.25) is 11.8 Å². The SMILES string of the molecule is COC(=O)N[C@H](C(=O)N1C[Si](C)(C)C[C@H]1c1ncc(-c2ccc(-c3ccc4c(ccc5[nH]c([C@@H]6[C@H]7CC[C@@H](C7)N6C(=O)[C@@H](NC(=O)OC)C(C)C)nc54)c3)cc2)[nH]1)C(C)C. The van der Waals surface area contributed by atoms with Gasteiger partial charge in [-0.1, -0.05) is 83.3 Å². The molecule has 0 radical (unpaired) electrons. The summed E-state index contributed by atoms with van der Waals surface area (Å²) in [7, 11) is 0.859. The van der Waals surface area contributed by atoms with E-state index in [1.807, 2.05) is 43.7 Å². The van der Waals surface area contributed by atoms with Gasteiger partial charge in [0.15, 0.2) is 0 Å². The summed E-state index contributed by atoms with van der Waals surface area (Å²) in [4.78, 5) is 73.2. The van der Waals surface area contributed by atoms with Gasteiger partial charge in [0.25, 0.3) is 0 Å². The Labute approximate surface area is 351 Å². The lowest BCUT2D eigenvalue weighted by atomic mass is 9.95. The molecule has 5 aromatic rings. The predicted molar refractivity (Wildman–Crippen MR) is 232 cm³/mol. The van der Waals surface area contributed by atoms with E-state index >= 15 is 0 Å². The maximum absolute atomic E-state index is 14.1. The van der Waals surface area contributed by atoms with Crippen molar-refractivity contribution in [3.8, 4) is 22.4 Å². The van der Waals surface area contributed by atoms with Crippen LogP contribution >= 0.6 is 0 Å². The number of benzene rings is 3. The summed E-state index contributed by atoms with van der Waals surface area (Å²) in [5.41, 5.74) is 5.79. The topological polar surface area (TPSA) is 175 Å². The van der Waals surface area contributed by atoms with Crippen molar-refractivity contribution in [1.29, 1.82) is 0 Å². The number of likely N-dealkylation sites (tertiary alicyclic amines) is 1. The van der Waals surface area contributed by atoms with Gasteiger partial charge in [0, 0.05) is 17.6 Å². The summed E-state index contributed by atoms with van der Waals surface area (Å²) < 4.78 is 9.66. The molecular weight excluding hydrogens is 777 g/mol. The number of aromatic nitrogens is 4. The molecule has 2 bridgehead atoms. The second-order valence-electron chi connectivity index (χ2n) is 18.3. The number of rotatable bonds is 10. The van der Waals surface area contributed by atoms with Gasteiger partial charge in [-0.2, -0.15) is 0 Å². The number of nitrogens with one attached hydrogen (secondary N) is 4. The standard InChI is InChI=1S/C45H56N8O6Si/c1-24(2)36(50-44(56)58-5)42(54)52-23-60(7,8)22-35(52)40-46-21-34(48-40)27-11-9-26(10-12-27)28-14-17-32-29(19-28)15-18-33-38(32)49-41(47-33)39-30-13-16-31(20-30)53(39)43(55)37(25(3)4)51-45(57)59-6/h9-12,14-15,17-19,21,24-25,30-31,35-37,39H,13,16,20,22-23H2,1-8H3,(H,46,48)(H,47,49)(H,50,56)(H,51,57)/t30-,31-,35-,36-,37-,39-/m0/s1. The zero-order valence-corrected chi connectivity index (χ0v) is 36.7. The molecule has 3 aromatic carbocycles. The largest absolute Gasteiger partial charge is 0.453 e. The fourth-order valence-electron chi connectivity index (χ4n) is 9.78. The first kappa shape index (κ1) is 41.0. The van der Waals surface area contributed by atoms with Crippen molar-refractivity contribution < 1.29 is 28.7 Å².